The number of ether oxygens (including phenoxy) is 1. The van der Waals surface area contributed by atoms with E-state index in [1.54, 1.807) is 39.0 Å². The number of hydrogen-bond acceptors (Lipinski definition) is 7. The molecule has 0 bridgehead atoms. The molecule has 1 aromatic heterocycles. The summed E-state index contributed by atoms with van der Waals surface area (Å²) in [6.07, 6.45) is 6.20. The van der Waals surface area contributed by atoms with Crippen molar-refractivity contribution in [3.05, 3.63) is 77.5 Å². The molecule has 0 spiro atoms. The van der Waals surface area contributed by atoms with E-state index in [4.69, 9.17) is 9.15 Å². The Hall–Kier alpha value is -3.43. The molecular formula is C29H34FNO6S. The lowest BCUT2D eigenvalue weighted by atomic mass is 9.99. The lowest BCUT2D eigenvalue weighted by molar-refractivity contribution is 0.00659. The maximum atomic E-state index is 14.1. The number of benzene rings is 2. The number of hydrogen-bond donors (Lipinski definition) is 1. The van der Waals surface area contributed by atoms with Crippen molar-refractivity contribution in [1.29, 1.82) is 0 Å². The van der Waals surface area contributed by atoms with Gasteiger partial charge in [-0.05, 0) is 69.3 Å². The average molecular weight is 544 g/mol. The summed E-state index contributed by atoms with van der Waals surface area (Å²) >= 11 is 0. The summed E-state index contributed by atoms with van der Waals surface area (Å²) in [5.41, 5.74) is -0.0570. The van der Waals surface area contributed by atoms with Gasteiger partial charge in [0.15, 0.2) is 9.84 Å². The Bertz CT molecular complexity index is 1400. The molecule has 3 aromatic rings. The van der Waals surface area contributed by atoms with Gasteiger partial charge in [-0.3, -0.25) is 0 Å². The minimum Gasteiger partial charge on any atom is -0.506 e. The highest BCUT2D eigenvalue weighted by Gasteiger charge is 2.29. The maximum absolute atomic E-state index is 14.1. The standard InChI is InChI=1S/C29H34FNO6S/c1-6-31(7-2)15-8-9-20-17-23(30)11-13-25(20)38(34,35)19-22-10-12-24(21-14-16-36-18-21)27(32)26(22)28(33)37-29(3,4)5/h8-14,16-18,32H,6-7,15,19H2,1-5H3. The topological polar surface area (TPSA) is 97.0 Å². The summed E-state index contributed by atoms with van der Waals surface area (Å²) < 4.78 is 51.9. The fourth-order valence-electron chi connectivity index (χ4n) is 3.99. The van der Waals surface area contributed by atoms with E-state index >= 15 is 0 Å². The molecule has 3 rings (SSSR count). The first-order chi connectivity index (χ1) is 17.9. The Labute approximate surface area is 223 Å². The van der Waals surface area contributed by atoms with Gasteiger partial charge in [-0.1, -0.05) is 38.1 Å². The van der Waals surface area contributed by atoms with Gasteiger partial charge in [0.2, 0.25) is 0 Å². The van der Waals surface area contributed by atoms with E-state index in [0.717, 1.165) is 19.2 Å². The summed E-state index contributed by atoms with van der Waals surface area (Å²) in [6.45, 7) is 11.3. The second kappa shape index (κ2) is 12.0. The fraction of sp³-hybridized carbons (Fsp3) is 0.345. The quantitative estimate of drug-likeness (QED) is 0.245. The van der Waals surface area contributed by atoms with Gasteiger partial charge in [0.05, 0.1) is 23.2 Å². The molecule has 0 radical (unpaired) electrons. The van der Waals surface area contributed by atoms with Gasteiger partial charge in [0.25, 0.3) is 0 Å². The number of halogens is 1. The van der Waals surface area contributed by atoms with Crippen LogP contribution in [0.4, 0.5) is 4.39 Å². The van der Waals surface area contributed by atoms with Gasteiger partial charge in [-0.15, -0.1) is 0 Å². The minimum atomic E-state index is -4.07. The van der Waals surface area contributed by atoms with Crippen molar-refractivity contribution in [3.8, 4) is 16.9 Å². The highest BCUT2D eigenvalue weighted by atomic mass is 32.2. The number of phenolic OH excluding ortho intramolecular Hbond substituents is 1. The molecule has 1 heterocycles. The highest BCUT2D eigenvalue weighted by molar-refractivity contribution is 7.90. The maximum Gasteiger partial charge on any atom is 0.342 e. The van der Waals surface area contributed by atoms with E-state index in [-0.39, 0.29) is 21.6 Å². The first-order valence-corrected chi connectivity index (χ1v) is 14.0. The Morgan fingerprint density at radius 1 is 1.13 bits per heavy atom. The zero-order valence-corrected chi connectivity index (χ0v) is 23.1. The van der Waals surface area contributed by atoms with Crippen molar-refractivity contribution in [1.82, 2.24) is 4.90 Å². The Kier molecular flexibility index (Phi) is 9.17. The molecule has 0 aliphatic heterocycles. The van der Waals surface area contributed by atoms with Crippen LogP contribution in [0.1, 0.15) is 56.1 Å². The van der Waals surface area contributed by atoms with Crippen LogP contribution in [0.2, 0.25) is 0 Å². The van der Waals surface area contributed by atoms with Crippen LogP contribution in [-0.4, -0.2) is 49.6 Å². The molecule has 0 unspecified atom stereocenters. The number of esters is 1. The number of aromatic hydroxyl groups is 1. The Morgan fingerprint density at radius 3 is 2.45 bits per heavy atom. The molecule has 0 amide bonds. The zero-order chi connectivity index (χ0) is 28.1. The summed E-state index contributed by atoms with van der Waals surface area (Å²) in [6, 6.07) is 8.07. The van der Waals surface area contributed by atoms with E-state index in [2.05, 4.69) is 4.90 Å². The third-order valence-corrected chi connectivity index (χ3v) is 7.64. The van der Waals surface area contributed by atoms with Crippen LogP contribution < -0.4 is 0 Å². The van der Waals surface area contributed by atoms with Crippen molar-refractivity contribution in [2.75, 3.05) is 19.6 Å². The predicted molar refractivity (Wildman–Crippen MR) is 145 cm³/mol. The lowest BCUT2D eigenvalue weighted by Crippen LogP contribution is -2.25. The Balaban J connectivity index is 2.06. The van der Waals surface area contributed by atoms with Crippen molar-refractivity contribution < 1.29 is 31.9 Å². The molecule has 0 aliphatic carbocycles. The first-order valence-electron chi connectivity index (χ1n) is 12.4. The largest absolute Gasteiger partial charge is 0.506 e. The van der Waals surface area contributed by atoms with Gasteiger partial charge in [0, 0.05) is 17.7 Å². The van der Waals surface area contributed by atoms with Gasteiger partial charge >= 0.3 is 5.97 Å². The fourth-order valence-corrected chi connectivity index (χ4v) is 5.55. The molecule has 38 heavy (non-hydrogen) atoms. The number of carbonyl (C=O) groups is 1. The summed E-state index contributed by atoms with van der Waals surface area (Å²) in [5, 5.41) is 11.1. The van der Waals surface area contributed by atoms with Gasteiger partial charge in [0.1, 0.15) is 22.7 Å². The van der Waals surface area contributed by atoms with Crippen LogP contribution >= 0.6 is 0 Å². The summed E-state index contributed by atoms with van der Waals surface area (Å²) in [5.74, 6) is -2.44. The number of phenols is 1. The van der Waals surface area contributed by atoms with Gasteiger partial charge in [-0.25, -0.2) is 17.6 Å². The molecule has 0 atom stereocenters. The molecule has 204 valence electrons. The van der Waals surface area contributed by atoms with E-state index in [1.807, 2.05) is 13.8 Å². The summed E-state index contributed by atoms with van der Waals surface area (Å²) in [4.78, 5) is 15.2. The molecular weight excluding hydrogens is 509 g/mol. The molecule has 9 heteroatoms. The molecule has 0 fully saturated rings. The molecule has 0 saturated carbocycles. The van der Waals surface area contributed by atoms with Crippen LogP contribution in [0.3, 0.4) is 0 Å². The van der Waals surface area contributed by atoms with Crippen molar-refractivity contribution in [3.63, 3.8) is 0 Å². The number of rotatable bonds is 10. The second-order valence-corrected chi connectivity index (χ2v) is 11.8. The third kappa shape index (κ3) is 7.11. The smallest absolute Gasteiger partial charge is 0.342 e. The number of nitrogens with zero attached hydrogens (tertiary/aromatic N) is 1. The normalized spacial score (nSPS) is 12.4. The average Bonchev–Trinajstić information content (AvgIpc) is 3.35. The van der Waals surface area contributed by atoms with Crippen LogP contribution in [0.25, 0.3) is 17.2 Å². The number of furan rings is 1. The van der Waals surface area contributed by atoms with E-state index in [1.165, 1.54) is 36.8 Å². The Morgan fingerprint density at radius 2 is 1.84 bits per heavy atom. The van der Waals surface area contributed by atoms with Crippen molar-refractivity contribution in [2.45, 2.75) is 50.9 Å². The SMILES string of the molecule is CCN(CC)CC=Cc1cc(F)ccc1S(=O)(=O)Cc1ccc(-c2ccoc2)c(O)c1C(=O)OC(C)(C)C. The van der Waals surface area contributed by atoms with Crippen LogP contribution in [-0.2, 0) is 20.3 Å². The monoisotopic (exact) mass is 543 g/mol. The van der Waals surface area contributed by atoms with Gasteiger partial charge < -0.3 is 19.2 Å². The van der Waals surface area contributed by atoms with Crippen molar-refractivity contribution >= 4 is 21.9 Å². The van der Waals surface area contributed by atoms with Crippen LogP contribution in [0, 0.1) is 5.82 Å². The van der Waals surface area contributed by atoms with E-state index in [0.29, 0.717) is 17.7 Å². The number of likely N-dealkylation sites (N-methyl/N-ethyl adjacent to an activating group) is 1. The first kappa shape index (κ1) is 29.1. The summed E-state index contributed by atoms with van der Waals surface area (Å²) in [7, 11) is -4.07. The number of carbonyl (C=O) groups excluding carboxylic acids is 1. The molecule has 0 aliphatic rings. The molecule has 7 nitrogen and oxygen atoms in total. The van der Waals surface area contributed by atoms with Crippen LogP contribution in [0.15, 0.2) is 64.3 Å². The van der Waals surface area contributed by atoms with Crippen molar-refractivity contribution in [2.24, 2.45) is 0 Å². The lowest BCUT2D eigenvalue weighted by Gasteiger charge is -2.22. The second-order valence-electron chi connectivity index (χ2n) is 9.84. The molecule has 1 N–H and O–H groups in total. The predicted octanol–water partition coefficient (Wildman–Crippen LogP) is 6.08. The highest BCUT2D eigenvalue weighted by Crippen LogP contribution is 2.37. The minimum absolute atomic E-state index is 0.0615. The third-order valence-electron chi connectivity index (χ3n) is 5.91. The molecule has 0 saturated heterocycles. The van der Waals surface area contributed by atoms with E-state index in [9.17, 15) is 22.7 Å². The number of sulfone groups is 1. The molecule has 2 aromatic carbocycles. The van der Waals surface area contributed by atoms with E-state index < -0.39 is 38.7 Å². The zero-order valence-electron chi connectivity index (χ0n) is 22.3. The van der Waals surface area contributed by atoms with Crippen LogP contribution in [0.5, 0.6) is 5.75 Å². The van der Waals surface area contributed by atoms with Gasteiger partial charge in [-0.2, -0.15) is 0 Å².